The normalized spacial score (nSPS) is 11.4. The first-order chi connectivity index (χ1) is 15.6. The van der Waals surface area contributed by atoms with Gasteiger partial charge >= 0.3 is 12.1 Å². The van der Waals surface area contributed by atoms with E-state index in [0.29, 0.717) is 22.3 Å². The molecule has 1 N–H and O–H groups in total. The number of aromatic carboxylic acids is 1. The SMILES string of the molecule is Cc1ccc(-c2cc(C(F)(F)F)nc(-c3ccc(-c4ccc(Cl)c(C(=O)O)c4)cc3)n2)cn1. The van der Waals surface area contributed by atoms with Crippen molar-refractivity contribution in [2.45, 2.75) is 13.1 Å². The van der Waals surface area contributed by atoms with Crippen LogP contribution >= 0.6 is 11.6 Å². The first-order valence-electron chi connectivity index (χ1n) is 9.65. The molecule has 0 aliphatic carbocycles. The lowest BCUT2D eigenvalue weighted by Crippen LogP contribution is -2.10. The number of benzene rings is 2. The molecule has 2 aromatic heterocycles. The van der Waals surface area contributed by atoms with E-state index in [1.807, 2.05) is 0 Å². The average molecular weight is 470 g/mol. The summed E-state index contributed by atoms with van der Waals surface area (Å²) in [4.78, 5) is 23.5. The van der Waals surface area contributed by atoms with Gasteiger partial charge in [0, 0.05) is 23.0 Å². The summed E-state index contributed by atoms with van der Waals surface area (Å²) in [5.74, 6) is -1.25. The molecule has 0 spiro atoms. The summed E-state index contributed by atoms with van der Waals surface area (Å²) in [5.41, 5.74) is 1.80. The van der Waals surface area contributed by atoms with E-state index >= 15 is 0 Å². The first-order valence-corrected chi connectivity index (χ1v) is 10.0. The zero-order valence-corrected chi connectivity index (χ0v) is 17.8. The van der Waals surface area contributed by atoms with Crippen molar-refractivity contribution in [1.82, 2.24) is 15.0 Å². The molecule has 0 bridgehead atoms. The summed E-state index contributed by atoms with van der Waals surface area (Å²) in [7, 11) is 0. The highest BCUT2D eigenvalue weighted by atomic mass is 35.5. The van der Waals surface area contributed by atoms with Crippen LogP contribution in [-0.2, 0) is 6.18 Å². The minimum absolute atomic E-state index is 0.0456. The number of hydrogen-bond donors (Lipinski definition) is 1. The number of nitrogens with zero attached hydrogens (tertiary/aromatic N) is 3. The molecule has 33 heavy (non-hydrogen) atoms. The van der Waals surface area contributed by atoms with Gasteiger partial charge in [-0.15, -0.1) is 0 Å². The van der Waals surface area contributed by atoms with Crippen molar-refractivity contribution in [1.29, 1.82) is 0 Å². The summed E-state index contributed by atoms with van der Waals surface area (Å²) < 4.78 is 40.5. The van der Waals surface area contributed by atoms with E-state index in [1.54, 1.807) is 49.4 Å². The van der Waals surface area contributed by atoms with Gasteiger partial charge in [-0.1, -0.05) is 41.9 Å². The summed E-state index contributed by atoms with van der Waals surface area (Å²) in [6.45, 7) is 1.78. The number of halogens is 4. The van der Waals surface area contributed by atoms with Crippen LogP contribution in [0.25, 0.3) is 33.8 Å². The smallest absolute Gasteiger partial charge is 0.433 e. The van der Waals surface area contributed by atoms with Crippen LogP contribution in [0, 0.1) is 6.92 Å². The molecular formula is C24H15ClF3N3O2. The number of hydrogen-bond acceptors (Lipinski definition) is 4. The van der Waals surface area contributed by atoms with Crippen molar-refractivity contribution in [3.05, 3.63) is 88.8 Å². The fourth-order valence-corrected chi connectivity index (χ4v) is 3.37. The second-order valence-electron chi connectivity index (χ2n) is 7.23. The summed E-state index contributed by atoms with van der Waals surface area (Å²) >= 11 is 5.92. The highest BCUT2D eigenvalue weighted by Gasteiger charge is 2.34. The van der Waals surface area contributed by atoms with Crippen molar-refractivity contribution in [2.24, 2.45) is 0 Å². The number of carboxylic acids is 1. The molecule has 0 atom stereocenters. The molecule has 0 amide bonds. The van der Waals surface area contributed by atoms with E-state index < -0.39 is 17.8 Å². The molecule has 0 saturated heterocycles. The Bertz CT molecular complexity index is 1340. The van der Waals surface area contributed by atoms with Crippen molar-refractivity contribution in [2.75, 3.05) is 0 Å². The lowest BCUT2D eigenvalue weighted by Gasteiger charge is -2.11. The summed E-state index contributed by atoms with van der Waals surface area (Å²) in [6, 6.07) is 15.3. The van der Waals surface area contributed by atoms with Crippen LogP contribution in [0.15, 0.2) is 66.9 Å². The van der Waals surface area contributed by atoms with Crippen LogP contribution in [0.5, 0.6) is 0 Å². The minimum Gasteiger partial charge on any atom is -0.478 e. The molecule has 2 aromatic carbocycles. The predicted octanol–water partition coefficient (Wildman–Crippen LogP) is 6.55. The number of carboxylic acid groups (broad SMARTS) is 1. The molecule has 0 fully saturated rings. The number of aromatic nitrogens is 3. The Balaban J connectivity index is 1.76. The number of pyridine rings is 1. The molecule has 0 saturated carbocycles. The second-order valence-corrected chi connectivity index (χ2v) is 7.63. The number of aryl methyl sites for hydroxylation is 1. The van der Waals surface area contributed by atoms with Crippen LogP contribution in [0.3, 0.4) is 0 Å². The highest BCUT2D eigenvalue weighted by molar-refractivity contribution is 6.33. The van der Waals surface area contributed by atoms with E-state index in [-0.39, 0.29) is 22.1 Å². The summed E-state index contributed by atoms with van der Waals surface area (Å²) in [6.07, 6.45) is -3.19. The molecule has 4 rings (SSSR count). The maximum Gasteiger partial charge on any atom is 0.433 e. The number of alkyl halides is 3. The number of carbonyl (C=O) groups is 1. The van der Waals surface area contributed by atoms with Gasteiger partial charge in [-0.25, -0.2) is 14.8 Å². The van der Waals surface area contributed by atoms with Gasteiger partial charge < -0.3 is 5.11 Å². The van der Waals surface area contributed by atoms with Crippen molar-refractivity contribution in [3.63, 3.8) is 0 Å². The largest absolute Gasteiger partial charge is 0.478 e. The molecule has 0 aliphatic rings. The monoisotopic (exact) mass is 469 g/mol. The molecule has 0 aliphatic heterocycles. The van der Waals surface area contributed by atoms with Gasteiger partial charge in [0.05, 0.1) is 16.3 Å². The fourth-order valence-electron chi connectivity index (χ4n) is 3.17. The quantitative estimate of drug-likeness (QED) is 0.366. The van der Waals surface area contributed by atoms with Gasteiger partial charge in [0.1, 0.15) is 5.69 Å². The van der Waals surface area contributed by atoms with E-state index in [1.165, 1.54) is 18.3 Å². The third-order valence-electron chi connectivity index (χ3n) is 4.90. The van der Waals surface area contributed by atoms with E-state index in [0.717, 1.165) is 11.8 Å². The Labute approximate surface area is 191 Å². The standard InChI is InChI=1S/C24H15ClF3N3O2/c1-13-2-3-17(12-29-13)20-11-21(24(26,27)28)31-22(30-20)15-6-4-14(5-7-15)16-8-9-19(25)18(10-16)23(32)33/h2-12H,1H3,(H,32,33). The Morgan fingerprint density at radius 3 is 2.12 bits per heavy atom. The molecule has 0 unspecified atom stereocenters. The Kier molecular flexibility index (Phi) is 5.86. The first kappa shape index (κ1) is 22.4. The van der Waals surface area contributed by atoms with Gasteiger partial charge in [-0.3, -0.25) is 4.98 Å². The van der Waals surface area contributed by atoms with E-state index in [2.05, 4.69) is 15.0 Å². The van der Waals surface area contributed by atoms with Gasteiger partial charge in [0.25, 0.3) is 0 Å². The third-order valence-corrected chi connectivity index (χ3v) is 5.23. The zero-order valence-electron chi connectivity index (χ0n) is 17.1. The topological polar surface area (TPSA) is 76.0 Å². The number of rotatable bonds is 4. The second kappa shape index (κ2) is 8.63. The third kappa shape index (κ3) is 4.85. The highest BCUT2D eigenvalue weighted by Crippen LogP contribution is 2.33. The molecule has 0 radical (unpaired) electrons. The van der Waals surface area contributed by atoms with Crippen molar-refractivity contribution < 1.29 is 23.1 Å². The summed E-state index contributed by atoms with van der Waals surface area (Å²) in [5, 5.41) is 9.37. The van der Waals surface area contributed by atoms with Gasteiger partial charge in [-0.2, -0.15) is 13.2 Å². The van der Waals surface area contributed by atoms with E-state index in [4.69, 9.17) is 11.6 Å². The van der Waals surface area contributed by atoms with Crippen molar-refractivity contribution >= 4 is 17.6 Å². The van der Waals surface area contributed by atoms with Crippen LogP contribution < -0.4 is 0 Å². The van der Waals surface area contributed by atoms with Gasteiger partial charge in [0.15, 0.2) is 5.82 Å². The van der Waals surface area contributed by atoms with Gasteiger partial charge in [-0.05, 0) is 48.4 Å². The van der Waals surface area contributed by atoms with Crippen molar-refractivity contribution in [3.8, 4) is 33.8 Å². The maximum atomic E-state index is 13.5. The molecule has 166 valence electrons. The minimum atomic E-state index is -4.65. The molecule has 9 heteroatoms. The molecule has 4 aromatic rings. The van der Waals surface area contributed by atoms with Gasteiger partial charge in [0.2, 0.25) is 0 Å². The van der Waals surface area contributed by atoms with Crippen LogP contribution in [0.1, 0.15) is 21.7 Å². The lowest BCUT2D eigenvalue weighted by atomic mass is 10.0. The fraction of sp³-hybridized carbons (Fsp3) is 0.0833. The van der Waals surface area contributed by atoms with E-state index in [9.17, 15) is 23.1 Å². The predicted molar refractivity (Wildman–Crippen MR) is 118 cm³/mol. The Morgan fingerprint density at radius 1 is 0.879 bits per heavy atom. The molecule has 5 nitrogen and oxygen atoms in total. The lowest BCUT2D eigenvalue weighted by molar-refractivity contribution is -0.141. The maximum absolute atomic E-state index is 13.5. The van der Waals surface area contributed by atoms with Crippen LogP contribution in [0.4, 0.5) is 13.2 Å². The zero-order chi connectivity index (χ0) is 23.8. The molecular weight excluding hydrogens is 455 g/mol. The average Bonchev–Trinajstić information content (AvgIpc) is 2.79. The van der Waals surface area contributed by atoms with Crippen LogP contribution in [0.2, 0.25) is 5.02 Å². The Morgan fingerprint density at radius 2 is 1.52 bits per heavy atom. The molecule has 2 heterocycles. The van der Waals surface area contributed by atoms with Crippen LogP contribution in [-0.4, -0.2) is 26.0 Å². The Hall–Kier alpha value is -3.78.